The zero-order valence-corrected chi connectivity index (χ0v) is 12.4. The lowest BCUT2D eigenvalue weighted by molar-refractivity contribution is 0.676. The van der Waals surface area contributed by atoms with Gasteiger partial charge in [-0.15, -0.1) is 0 Å². The summed E-state index contributed by atoms with van der Waals surface area (Å²) in [6, 6.07) is 2.37. The molecule has 0 aliphatic heterocycles. The van der Waals surface area contributed by atoms with Gasteiger partial charge in [0.25, 0.3) is 0 Å². The summed E-state index contributed by atoms with van der Waals surface area (Å²) in [5.41, 5.74) is 0. The van der Waals surface area contributed by atoms with E-state index in [1.54, 1.807) is 6.20 Å². The molecule has 0 spiro atoms. The van der Waals surface area contributed by atoms with Crippen LogP contribution in [-0.4, -0.2) is 29.1 Å². The quantitative estimate of drug-likeness (QED) is 0.832. The topological polar surface area (TPSA) is 64.8 Å². The van der Waals surface area contributed by atoms with Crippen molar-refractivity contribution < 1.29 is 0 Å². The van der Waals surface area contributed by atoms with E-state index in [-0.39, 0.29) is 6.04 Å². The zero-order chi connectivity index (χ0) is 14.3. The van der Waals surface area contributed by atoms with Crippen LogP contribution in [0, 0.1) is 11.3 Å². The highest BCUT2D eigenvalue weighted by atomic mass is 35.5. The highest BCUT2D eigenvalue weighted by Gasteiger charge is 2.16. The fourth-order valence-corrected chi connectivity index (χ4v) is 1.86. The third-order valence-electron chi connectivity index (χ3n) is 2.62. The fraction of sp³-hybridized carbons (Fsp3) is 0.615. The van der Waals surface area contributed by atoms with Gasteiger partial charge in [-0.2, -0.15) is 10.2 Å². The largest absolute Gasteiger partial charge is 0.354 e. The maximum atomic E-state index is 8.73. The van der Waals surface area contributed by atoms with Crippen LogP contribution in [0.25, 0.3) is 0 Å². The average molecular weight is 282 g/mol. The molecule has 0 saturated heterocycles. The molecule has 0 aromatic carbocycles. The van der Waals surface area contributed by atoms with E-state index in [1.807, 2.05) is 4.90 Å². The molecular formula is C13H20ClN5. The molecule has 0 unspecified atom stereocenters. The van der Waals surface area contributed by atoms with Crippen LogP contribution in [-0.2, 0) is 0 Å². The summed E-state index contributed by atoms with van der Waals surface area (Å²) in [6.07, 6.45) is 3.05. The molecule has 104 valence electrons. The van der Waals surface area contributed by atoms with E-state index in [4.69, 9.17) is 16.9 Å². The van der Waals surface area contributed by atoms with E-state index in [9.17, 15) is 0 Å². The normalized spacial score (nSPS) is 10.3. The molecular weight excluding hydrogens is 262 g/mol. The molecule has 1 aromatic heterocycles. The van der Waals surface area contributed by atoms with Crippen LogP contribution in [0.2, 0.25) is 5.02 Å². The number of rotatable bonds is 7. The first-order valence-electron chi connectivity index (χ1n) is 6.50. The Morgan fingerprint density at radius 2 is 2.26 bits per heavy atom. The average Bonchev–Trinajstić information content (AvgIpc) is 2.39. The Labute approximate surface area is 119 Å². The third kappa shape index (κ3) is 4.56. The van der Waals surface area contributed by atoms with Gasteiger partial charge in [-0.1, -0.05) is 18.5 Å². The van der Waals surface area contributed by atoms with Crippen molar-refractivity contribution in [2.45, 2.75) is 39.7 Å². The van der Waals surface area contributed by atoms with Crippen LogP contribution in [0.15, 0.2) is 6.20 Å². The maximum absolute atomic E-state index is 8.73. The second kappa shape index (κ2) is 7.80. The maximum Gasteiger partial charge on any atom is 0.224 e. The summed E-state index contributed by atoms with van der Waals surface area (Å²) in [6.45, 7) is 7.61. The third-order valence-corrected chi connectivity index (χ3v) is 2.89. The summed E-state index contributed by atoms with van der Waals surface area (Å²) in [5.74, 6) is 1.25. The number of halogens is 1. The van der Waals surface area contributed by atoms with Gasteiger partial charge in [-0.25, -0.2) is 4.98 Å². The van der Waals surface area contributed by atoms with E-state index in [1.165, 1.54) is 0 Å². The molecule has 0 radical (unpaired) electrons. The second-order valence-corrected chi connectivity index (χ2v) is 4.89. The summed E-state index contributed by atoms with van der Waals surface area (Å²) in [4.78, 5) is 10.6. The molecule has 19 heavy (non-hydrogen) atoms. The standard InChI is InChI=1S/C13H20ClN5/c1-4-7-16-13-17-9-11(14)12(18-13)19(10(2)3)8-5-6-15/h9-10H,4-5,7-8H2,1-3H3,(H,16,17,18). The first kappa shape index (κ1) is 15.5. The highest BCUT2D eigenvalue weighted by molar-refractivity contribution is 6.32. The molecule has 0 saturated carbocycles. The number of aromatic nitrogens is 2. The summed E-state index contributed by atoms with van der Waals surface area (Å²) in [7, 11) is 0. The molecule has 5 nitrogen and oxygen atoms in total. The first-order valence-corrected chi connectivity index (χ1v) is 6.88. The van der Waals surface area contributed by atoms with E-state index in [0.717, 1.165) is 13.0 Å². The van der Waals surface area contributed by atoms with Crippen LogP contribution in [0.5, 0.6) is 0 Å². The lowest BCUT2D eigenvalue weighted by atomic mass is 10.3. The number of nitriles is 1. The van der Waals surface area contributed by atoms with Gasteiger partial charge in [0.1, 0.15) is 5.02 Å². The van der Waals surface area contributed by atoms with Gasteiger partial charge in [0.15, 0.2) is 5.82 Å². The summed E-state index contributed by atoms with van der Waals surface area (Å²) in [5, 5.41) is 12.4. The number of hydrogen-bond donors (Lipinski definition) is 1. The predicted molar refractivity (Wildman–Crippen MR) is 78.5 cm³/mol. The lowest BCUT2D eigenvalue weighted by Crippen LogP contribution is -2.33. The Kier molecular flexibility index (Phi) is 6.37. The van der Waals surface area contributed by atoms with Gasteiger partial charge in [-0.05, 0) is 20.3 Å². The van der Waals surface area contributed by atoms with Crippen LogP contribution >= 0.6 is 11.6 Å². The molecule has 6 heteroatoms. The predicted octanol–water partition coefficient (Wildman–Crippen LogP) is 3.08. The van der Waals surface area contributed by atoms with Crippen molar-refractivity contribution in [3.8, 4) is 6.07 Å². The molecule has 1 aromatic rings. The van der Waals surface area contributed by atoms with Gasteiger partial charge < -0.3 is 10.2 Å². The minimum Gasteiger partial charge on any atom is -0.354 e. The smallest absolute Gasteiger partial charge is 0.224 e. The Morgan fingerprint density at radius 3 is 2.84 bits per heavy atom. The monoisotopic (exact) mass is 281 g/mol. The fourth-order valence-electron chi connectivity index (χ4n) is 1.66. The van der Waals surface area contributed by atoms with Crippen LogP contribution in [0.1, 0.15) is 33.6 Å². The molecule has 1 rings (SSSR count). The van der Waals surface area contributed by atoms with E-state index < -0.39 is 0 Å². The van der Waals surface area contributed by atoms with Crippen molar-refractivity contribution in [1.82, 2.24) is 9.97 Å². The Balaban J connectivity index is 2.97. The van der Waals surface area contributed by atoms with Gasteiger partial charge in [0.2, 0.25) is 5.95 Å². The van der Waals surface area contributed by atoms with Gasteiger partial charge >= 0.3 is 0 Å². The van der Waals surface area contributed by atoms with Crippen LogP contribution in [0.3, 0.4) is 0 Å². The lowest BCUT2D eigenvalue weighted by Gasteiger charge is -2.27. The van der Waals surface area contributed by atoms with Crippen molar-refractivity contribution in [2.24, 2.45) is 0 Å². The number of nitrogens with zero attached hydrogens (tertiary/aromatic N) is 4. The van der Waals surface area contributed by atoms with Crippen LogP contribution < -0.4 is 10.2 Å². The number of hydrogen-bond acceptors (Lipinski definition) is 5. The minimum atomic E-state index is 0.222. The molecule has 0 bridgehead atoms. The molecule has 0 aliphatic carbocycles. The van der Waals surface area contributed by atoms with E-state index >= 15 is 0 Å². The Bertz CT molecular complexity index is 441. The van der Waals surface area contributed by atoms with E-state index in [2.05, 4.69) is 42.1 Å². The second-order valence-electron chi connectivity index (χ2n) is 4.49. The van der Waals surface area contributed by atoms with Crippen molar-refractivity contribution in [3.63, 3.8) is 0 Å². The zero-order valence-electron chi connectivity index (χ0n) is 11.6. The molecule has 0 aliphatic rings. The molecule has 0 amide bonds. The summed E-state index contributed by atoms with van der Waals surface area (Å²) >= 11 is 6.17. The molecule has 0 fully saturated rings. The van der Waals surface area contributed by atoms with Crippen molar-refractivity contribution in [1.29, 1.82) is 5.26 Å². The number of anilines is 2. The first-order chi connectivity index (χ1) is 9.10. The Morgan fingerprint density at radius 1 is 1.53 bits per heavy atom. The van der Waals surface area contributed by atoms with E-state index in [0.29, 0.717) is 29.8 Å². The molecule has 1 N–H and O–H groups in total. The molecule has 0 atom stereocenters. The van der Waals surface area contributed by atoms with Gasteiger partial charge in [-0.3, -0.25) is 0 Å². The van der Waals surface area contributed by atoms with Crippen molar-refractivity contribution in [2.75, 3.05) is 23.3 Å². The van der Waals surface area contributed by atoms with Crippen molar-refractivity contribution in [3.05, 3.63) is 11.2 Å². The summed E-state index contributed by atoms with van der Waals surface area (Å²) < 4.78 is 0. The van der Waals surface area contributed by atoms with Crippen molar-refractivity contribution >= 4 is 23.4 Å². The molecule has 1 heterocycles. The SMILES string of the molecule is CCCNc1ncc(Cl)c(N(CCC#N)C(C)C)n1. The number of nitrogens with one attached hydrogen (secondary N) is 1. The highest BCUT2D eigenvalue weighted by Crippen LogP contribution is 2.25. The Hall–Kier alpha value is -1.54. The minimum absolute atomic E-state index is 0.222. The van der Waals surface area contributed by atoms with Gasteiger partial charge in [0, 0.05) is 19.1 Å². The van der Waals surface area contributed by atoms with Gasteiger partial charge in [0.05, 0.1) is 18.7 Å². The van der Waals surface area contributed by atoms with Crippen LogP contribution in [0.4, 0.5) is 11.8 Å².